The van der Waals surface area contributed by atoms with Gasteiger partial charge in [-0.1, -0.05) is 0 Å². The van der Waals surface area contributed by atoms with Crippen molar-refractivity contribution in [3.63, 3.8) is 0 Å². The Balaban J connectivity index is 1.80. The number of nitrogens with one attached hydrogen (secondary N) is 2. The Morgan fingerprint density at radius 1 is 1.30 bits per heavy atom. The lowest BCUT2D eigenvalue weighted by Gasteiger charge is -2.37. The molecule has 0 amide bonds. The van der Waals surface area contributed by atoms with Gasteiger partial charge in [-0.2, -0.15) is 10.1 Å². The summed E-state index contributed by atoms with van der Waals surface area (Å²) in [5, 5.41) is 11.6. The highest BCUT2D eigenvalue weighted by Gasteiger charge is 2.27. The van der Waals surface area contributed by atoms with Crippen LogP contribution in [0.5, 0.6) is 0 Å². The molecule has 1 fully saturated rings. The lowest BCUT2D eigenvalue weighted by atomic mass is 10.1. The van der Waals surface area contributed by atoms with E-state index in [0.717, 1.165) is 29.8 Å². The molecule has 30 heavy (non-hydrogen) atoms. The molecule has 0 radical (unpaired) electrons. The molecule has 0 aliphatic carbocycles. The summed E-state index contributed by atoms with van der Waals surface area (Å²) < 4.78 is 7.45. The Kier molecular flexibility index (Phi) is 6.05. The lowest BCUT2D eigenvalue weighted by molar-refractivity contribution is 0.137. The molecule has 4 rings (SSSR count). The predicted octanol–water partition coefficient (Wildman–Crippen LogP) is 1.89. The average molecular weight is 412 g/mol. The minimum atomic E-state index is 0.291. The second-order valence-corrected chi connectivity index (χ2v) is 7.61. The van der Waals surface area contributed by atoms with Gasteiger partial charge in [-0.15, -0.1) is 0 Å². The SMILES string of the molecule is CCOCCn1nc(C)c2nc(N3C[C@H](C)NC[C@H]3C)nc(Nc3ccncn3)c21. The van der Waals surface area contributed by atoms with Crippen LogP contribution in [0.2, 0.25) is 0 Å². The van der Waals surface area contributed by atoms with E-state index in [9.17, 15) is 0 Å². The van der Waals surface area contributed by atoms with Crippen molar-refractivity contribution >= 4 is 28.6 Å². The second-order valence-electron chi connectivity index (χ2n) is 7.61. The van der Waals surface area contributed by atoms with Crippen molar-refractivity contribution in [3.8, 4) is 0 Å². The number of anilines is 3. The topological polar surface area (TPSA) is 106 Å². The van der Waals surface area contributed by atoms with Crippen LogP contribution in [0.25, 0.3) is 11.0 Å². The number of aryl methyl sites for hydroxylation is 1. The maximum Gasteiger partial charge on any atom is 0.228 e. The van der Waals surface area contributed by atoms with Crippen molar-refractivity contribution in [2.24, 2.45) is 0 Å². The molecule has 4 heterocycles. The van der Waals surface area contributed by atoms with Gasteiger partial charge in [-0.25, -0.2) is 15.0 Å². The Bertz CT molecular complexity index is 991. The van der Waals surface area contributed by atoms with E-state index in [0.29, 0.717) is 49.4 Å². The highest BCUT2D eigenvalue weighted by atomic mass is 16.5. The van der Waals surface area contributed by atoms with Crippen molar-refractivity contribution < 1.29 is 4.74 Å². The number of fused-ring (bicyclic) bond motifs is 1. The van der Waals surface area contributed by atoms with Gasteiger partial charge in [0.15, 0.2) is 5.82 Å². The molecule has 10 nitrogen and oxygen atoms in total. The van der Waals surface area contributed by atoms with E-state index in [1.54, 1.807) is 6.20 Å². The minimum absolute atomic E-state index is 0.291. The molecule has 0 spiro atoms. The number of ether oxygens (including phenoxy) is 1. The number of aromatic nitrogens is 6. The summed E-state index contributed by atoms with van der Waals surface area (Å²) in [5.74, 6) is 2.06. The van der Waals surface area contributed by atoms with Gasteiger partial charge in [0.2, 0.25) is 5.95 Å². The average Bonchev–Trinajstić information content (AvgIpc) is 3.06. The van der Waals surface area contributed by atoms with Gasteiger partial charge in [-0.05, 0) is 33.8 Å². The van der Waals surface area contributed by atoms with E-state index in [-0.39, 0.29) is 0 Å². The molecule has 10 heteroatoms. The summed E-state index contributed by atoms with van der Waals surface area (Å²) in [7, 11) is 0. The molecule has 3 aromatic rings. The fourth-order valence-corrected chi connectivity index (χ4v) is 3.68. The maximum absolute atomic E-state index is 5.54. The molecular weight excluding hydrogens is 382 g/mol. The van der Waals surface area contributed by atoms with Gasteiger partial charge in [-0.3, -0.25) is 4.68 Å². The molecule has 0 unspecified atom stereocenters. The molecule has 0 aromatic carbocycles. The van der Waals surface area contributed by atoms with Gasteiger partial charge in [0, 0.05) is 38.0 Å². The van der Waals surface area contributed by atoms with Crippen LogP contribution in [0.3, 0.4) is 0 Å². The van der Waals surface area contributed by atoms with Gasteiger partial charge < -0.3 is 20.3 Å². The predicted molar refractivity (Wildman–Crippen MR) is 116 cm³/mol. The van der Waals surface area contributed by atoms with Crippen LogP contribution in [0.15, 0.2) is 18.6 Å². The smallest absolute Gasteiger partial charge is 0.228 e. The summed E-state index contributed by atoms with van der Waals surface area (Å²) in [4.78, 5) is 20.4. The first-order valence-electron chi connectivity index (χ1n) is 10.4. The van der Waals surface area contributed by atoms with Crippen molar-refractivity contribution in [2.45, 2.75) is 46.3 Å². The lowest BCUT2D eigenvalue weighted by Crippen LogP contribution is -2.55. The summed E-state index contributed by atoms with van der Waals surface area (Å²) in [5.41, 5.74) is 2.56. The number of piperazine rings is 1. The van der Waals surface area contributed by atoms with E-state index < -0.39 is 0 Å². The summed E-state index contributed by atoms with van der Waals surface area (Å²) in [6.07, 6.45) is 3.21. The van der Waals surface area contributed by atoms with Gasteiger partial charge in [0.1, 0.15) is 23.2 Å². The van der Waals surface area contributed by atoms with E-state index in [1.165, 1.54) is 6.33 Å². The maximum atomic E-state index is 5.54. The highest BCUT2D eigenvalue weighted by Crippen LogP contribution is 2.29. The van der Waals surface area contributed by atoms with Crippen LogP contribution >= 0.6 is 0 Å². The first-order valence-corrected chi connectivity index (χ1v) is 10.4. The van der Waals surface area contributed by atoms with Crippen molar-refractivity contribution in [1.29, 1.82) is 0 Å². The zero-order valence-electron chi connectivity index (χ0n) is 18.0. The second kappa shape index (κ2) is 8.88. The molecule has 3 aromatic heterocycles. The van der Waals surface area contributed by atoms with E-state index >= 15 is 0 Å². The molecular formula is C20H29N9O. The standard InChI is InChI=1S/C20H29N9O/c1-5-30-9-8-29-18-17(15(4)27-29)25-20(28-11-13(2)22-10-14(28)3)26-19(18)24-16-6-7-21-12-23-16/h6-7,12-14,22H,5,8-11H2,1-4H3,(H,21,23,24,25,26)/t13-,14+/m0/s1. The van der Waals surface area contributed by atoms with Gasteiger partial charge in [0.25, 0.3) is 0 Å². The zero-order chi connectivity index (χ0) is 21.1. The summed E-state index contributed by atoms with van der Waals surface area (Å²) in [6.45, 7) is 11.9. The Morgan fingerprint density at radius 2 is 2.17 bits per heavy atom. The van der Waals surface area contributed by atoms with Crippen LogP contribution in [0.4, 0.5) is 17.6 Å². The first-order chi connectivity index (χ1) is 14.6. The molecule has 160 valence electrons. The molecule has 1 aliphatic rings. The quantitative estimate of drug-likeness (QED) is 0.564. The molecule has 1 aliphatic heterocycles. The normalized spacial score (nSPS) is 19.4. The molecule has 1 saturated heterocycles. The van der Waals surface area contributed by atoms with Crippen LogP contribution in [-0.2, 0) is 11.3 Å². The fraction of sp³-hybridized carbons (Fsp3) is 0.550. The minimum Gasteiger partial charge on any atom is -0.380 e. The molecule has 2 N–H and O–H groups in total. The van der Waals surface area contributed by atoms with Gasteiger partial charge >= 0.3 is 0 Å². The number of nitrogens with zero attached hydrogens (tertiary/aromatic N) is 7. The highest BCUT2D eigenvalue weighted by molar-refractivity contribution is 5.90. The van der Waals surface area contributed by atoms with Crippen LogP contribution < -0.4 is 15.5 Å². The third kappa shape index (κ3) is 4.19. The van der Waals surface area contributed by atoms with Crippen molar-refractivity contribution in [1.82, 2.24) is 35.0 Å². The Morgan fingerprint density at radius 3 is 2.93 bits per heavy atom. The van der Waals surface area contributed by atoms with E-state index in [4.69, 9.17) is 19.8 Å². The Labute approximate surface area is 176 Å². The summed E-state index contributed by atoms with van der Waals surface area (Å²) in [6, 6.07) is 2.48. The molecule has 0 bridgehead atoms. The van der Waals surface area contributed by atoms with Crippen molar-refractivity contribution in [2.75, 3.05) is 36.5 Å². The summed E-state index contributed by atoms with van der Waals surface area (Å²) >= 11 is 0. The zero-order valence-corrected chi connectivity index (χ0v) is 18.0. The van der Waals surface area contributed by atoms with Crippen molar-refractivity contribution in [3.05, 3.63) is 24.3 Å². The molecule has 0 saturated carbocycles. The van der Waals surface area contributed by atoms with Crippen LogP contribution in [0, 0.1) is 6.92 Å². The van der Waals surface area contributed by atoms with Crippen LogP contribution in [-0.4, -0.2) is 68.1 Å². The van der Waals surface area contributed by atoms with Gasteiger partial charge in [0.05, 0.1) is 18.8 Å². The Hall–Kier alpha value is -2.85. The number of hydrogen-bond donors (Lipinski definition) is 2. The fourth-order valence-electron chi connectivity index (χ4n) is 3.68. The molecule has 2 atom stereocenters. The third-order valence-corrected chi connectivity index (χ3v) is 5.24. The first kappa shape index (κ1) is 20.4. The number of hydrogen-bond acceptors (Lipinski definition) is 9. The number of rotatable bonds is 7. The largest absolute Gasteiger partial charge is 0.380 e. The third-order valence-electron chi connectivity index (χ3n) is 5.24. The van der Waals surface area contributed by atoms with Crippen LogP contribution in [0.1, 0.15) is 26.5 Å². The van der Waals surface area contributed by atoms with E-state index in [2.05, 4.69) is 39.3 Å². The monoisotopic (exact) mass is 411 g/mol. The van der Waals surface area contributed by atoms with E-state index in [1.807, 2.05) is 24.6 Å².